The van der Waals surface area contributed by atoms with Crippen LogP contribution in [0, 0.1) is 6.92 Å². The highest BCUT2D eigenvalue weighted by Gasteiger charge is 2.35. The molecule has 0 atom stereocenters. The zero-order chi connectivity index (χ0) is 27.1. The molecular weight excluding hydrogens is 462 g/mol. The van der Waals surface area contributed by atoms with Gasteiger partial charge in [0, 0.05) is 37.2 Å². The maximum absolute atomic E-state index is 13.2. The molecule has 6 heteroatoms. The summed E-state index contributed by atoms with van der Waals surface area (Å²) in [6, 6.07) is 10.6. The highest BCUT2D eigenvalue weighted by Crippen LogP contribution is 2.41. The topological polar surface area (TPSA) is 66.7 Å². The Balaban J connectivity index is 1.80. The molecule has 1 aromatic heterocycles. The molecule has 6 nitrogen and oxygen atoms in total. The first-order chi connectivity index (χ1) is 17.6. The van der Waals surface area contributed by atoms with Crippen molar-refractivity contribution in [1.82, 2.24) is 14.8 Å². The minimum atomic E-state index is -0.740. The lowest BCUT2D eigenvalue weighted by Gasteiger charge is -2.34. The molecule has 1 aromatic carbocycles. The molecule has 1 saturated heterocycles. The second kappa shape index (κ2) is 13.0. The van der Waals surface area contributed by atoms with Crippen molar-refractivity contribution >= 4 is 5.91 Å². The molecule has 0 aliphatic carbocycles. The normalized spacial score (nSPS) is 15.1. The van der Waals surface area contributed by atoms with E-state index in [2.05, 4.69) is 66.7 Å². The van der Waals surface area contributed by atoms with Crippen LogP contribution in [-0.2, 0) is 12.0 Å². The van der Waals surface area contributed by atoms with Crippen molar-refractivity contribution in [3.63, 3.8) is 0 Å². The summed E-state index contributed by atoms with van der Waals surface area (Å²) in [6.07, 6.45) is 6.29. The van der Waals surface area contributed by atoms with Crippen LogP contribution in [0.25, 0.3) is 0 Å². The number of rotatable bonds is 13. The quantitative estimate of drug-likeness (QED) is 0.363. The Kier molecular flexibility index (Phi) is 10.3. The zero-order valence-corrected chi connectivity index (χ0v) is 24.0. The first-order valence-electron chi connectivity index (χ1n) is 14.3. The van der Waals surface area contributed by atoms with Crippen LogP contribution in [0.4, 0.5) is 0 Å². The Morgan fingerprint density at radius 3 is 2.35 bits per heavy atom. The number of aliphatic hydroxyl groups is 1. The number of aryl methyl sites for hydroxylation is 1. The zero-order valence-electron chi connectivity index (χ0n) is 24.0. The van der Waals surface area contributed by atoms with E-state index in [4.69, 9.17) is 4.74 Å². The average molecular weight is 512 g/mol. The number of benzene rings is 1. The summed E-state index contributed by atoms with van der Waals surface area (Å²) in [7, 11) is 0. The summed E-state index contributed by atoms with van der Waals surface area (Å²) < 4.78 is 8.19. The Hall–Kier alpha value is -2.31. The number of carbonyl (C=O) groups is 1. The second-order valence-electron chi connectivity index (χ2n) is 11.2. The van der Waals surface area contributed by atoms with Crippen LogP contribution in [0.1, 0.15) is 100 Å². The van der Waals surface area contributed by atoms with E-state index in [1.165, 1.54) is 30.5 Å². The average Bonchev–Trinajstić information content (AvgIpc) is 3.31. The predicted octanol–water partition coefficient (Wildman–Crippen LogP) is 5.68. The smallest absolute Gasteiger partial charge is 0.267 e. The minimum absolute atomic E-state index is 0.0120. The molecule has 2 heterocycles. The Labute approximate surface area is 224 Å². The molecule has 2 N–H and O–H groups in total. The number of carbonyl (C=O) groups excluding carboxylic acids is 1. The van der Waals surface area contributed by atoms with Gasteiger partial charge in [-0.1, -0.05) is 32.4 Å². The lowest BCUT2D eigenvalue weighted by Crippen LogP contribution is -2.38. The molecule has 1 fully saturated rings. The number of aromatic nitrogens is 1. The van der Waals surface area contributed by atoms with Crippen molar-refractivity contribution in [3.8, 4) is 5.75 Å². The fourth-order valence-corrected chi connectivity index (χ4v) is 5.71. The van der Waals surface area contributed by atoms with Crippen LogP contribution < -0.4 is 10.1 Å². The van der Waals surface area contributed by atoms with Gasteiger partial charge in [-0.2, -0.15) is 0 Å². The van der Waals surface area contributed by atoms with Crippen LogP contribution in [0.2, 0.25) is 0 Å². The van der Waals surface area contributed by atoms with E-state index in [0.717, 1.165) is 56.0 Å². The van der Waals surface area contributed by atoms with Crippen LogP contribution in [0.3, 0.4) is 0 Å². The lowest BCUT2D eigenvalue weighted by molar-refractivity contribution is 0.0552. The van der Waals surface area contributed by atoms with Gasteiger partial charge in [0.2, 0.25) is 0 Å². The van der Waals surface area contributed by atoms with E-state index in [1.54, 1.807) is 13.8 Å². The number of nitrogens with zero attached hydrogens (tertiary/aromatic N) is 2. The predicted molar refractivity (Wildman–Crippen MR) is 152 cm³/mol. The Bertz CT molecular complexity index is 1010. The number of likely N-dealkylation sites (tertiary alicyclic amines) is 1. The molecule has 0 unspecified atom stereocenters. The largest absolute Gasteiger partial charge is 0.493 e. The molecule has 0 spiro atoms. The SMILES string of the molecule is CCn1c(C(=O)NCCN2CCCCC2)ccc1C(CC)(CC)c1ccc(OCCC(C)(C)O)c(C)c1. The molecule has 1 amide bonds. The number of hydrogen-bond donors (Lipinski definition) is 2. The van der Waals surface area contributed by atoms with Gasteiger partial charge >= 0.3 is 0 Å². The standard InChI is InChI=1S/C31H49N3O3/c1-7-31(8-2,25-13-15-27(24(4)23-25)37-22-17-30(5,6)36)28-16-14-26(34(28)9-3)29(35)32-18-21-33-19-11-10-12-20-33/h13-16,23,36H,7-12,17-22H2,1-6H3,(H,32,35). The minimum Gasteiger partial charge on any atom is -0.493 e. The van der Waals surface area contributed by atoms with Gasteiger partial charge in [-0.15, -0.1) is 0 Å². The second-order valence-corrected chi connectivity index (χ2v) is 11.2. The summed E-state index contributed by atoms with van der Waals surface area (Å²) >= 11 is 0. The first kappa shape index (κ1) is 29.2. The third kappa shape index (κ3) is 7.17. The molecule has 0 saturated carbocycles. The first-order valence-corrected chi connectivity index (χ1v) is 14.3. The molecule has 0 bridgehead atoms. The maximum Gasteiger partial charge on any atom is 0.267 e. The van der Waals surface area contributed by atoms with Gasteiger partial charge in [-0.25, -0.2) is 0 Å². The summed E-state index contributed by atoms with van der Waals surface area (Å²) in [5.41, 5.74) is 3.33. The maximum atomic E-state index is 13.2. The fraction of sp³-hybridized carbons (Fsp3) is 0.645. The summed E-state index contributed by atoms with van der Waals surface area (Å²) in [6.45, 7) is 17.4. The van der Waals surface area contributed by atoms with E-state index in [9.17, 15) is 9.90 Å². The van der Waals surface area contributed by atoms with Gasteiger partial charge in [0.05, 0.1) is 12.2 Å². The Morgan fingerprint density at radius 1 is 1.05 bits per heavy atom. The van der Waals surface area contributed by atoms with Crippen molar-refractivity contribution in [3.05, 3.63) is 52.8 Å². The Morgan fingerprint density at radius 2 is 1.76 bits per heavy atom. The van der Waals surface area contributed by atoms with Crippen LogP contribution in [-0.4, -0.2) is 58.9 Å². The summed E-state index contributed by atoms with van der Waals surface area (Å²) in [4.78, 5) is 15.7. The van der Waals surface area contributed by atoms with Gasteiger partial charge < -0.3 is 24.6 Å². The highest BCUT2D eigenvalue weighted by molar-refractivity contribution is 5.93. The number of nitrogens with one attached hydrogen (secondary N) is 1. The third-order valence-corrected chi connectivity index (χ3v) is 8.09. The van der Waals surface area contributed by atoms with Crippen molar-refractivity contribution in [2.24, 2.45) is 0 Å². The van der Waals surface area contributed by atoms with Crippen molar-refractivity contribution < 1.29 is 14.6 Å². The fourth-order valence-electron chi connectivity index (χ4n) is 5.71. The summed E-state index contributed by atoms with van der Waals surface area (Å²) in [5, 5.41) is 13.2. The molecule has 1 aliphatic heterocycles. The molecule has 37 heavy (non-hydrogen) atoms. The molecule has 0 radical (unpaired) electrons. The van der Waals surface area contributed by atoms with E-state index < -0.39 is 5.60 Å². The molecule has 206 valence electrons. The lowest BCUT2D eigenvalue weighted by atomic mass is 9.72. The van der Waals surface area contributed by atoms with E-state index in [0.29, 0.717) is 19.6 Å². The highest BCUT2D eigenvalue weighted by atomic mass is 16.5. The number of piperidine rings is 1. The third-order valence-electron chi connectivity index (χ3n) is 8.09. The summed E-state index contributed by atoms with van der Waals surface area (Å²) in [5.74, 6) is 0.867. The van der Waals surface area contributed by atoms with Crippen LogP contribution in [0.15, 0.2) is 30.3 Å². The molecular formula is C31H49N3O3. The number of hydrogen-bond acceptors (Lipinski definition) is 4. The number of ether oxygens (including phenoxy) is 1. The van der Waals surface area contributed by atoms with Crippen molar-refractivity contribution in [2.45, 2.75) is 97.6 Å². The van der Waals surface area contributed by atoms with Crippen molar-refractivity contribution in [2.75, 3.05) is 32.8 Å². The van der Waals surface area contributed by atoms with Crippen LogP contribution in [0.5, 0.6) is 5.75 Å². The van der Waals surface area contributed by atoms with Gasteiger partial charge in [0.25, 0.3) is 5.91 Å². The van der Waals surface area contributed by atoms with Crippen molar-refractivity contribution in [1.29, 1.82) is 0 Å². The van der Waals surface area contributed by atoms with E-state index >= 15 is 0 Å². The molecule has 1 aliphatic rings. The van der Waals surface area contributed by atoms with Gasteiger partial charge in [-0.05, 0) is 95.8 Å². The number of amides is 1. The molecule has 2 aromatic rings. The van der Waals surface area contributed by atoms with Gasteiger partial charge in [-0.3, -0.25) is 4.79 Å². The van der Waals surface area contributed by atoms with Gasteiger partial charge in [0.15, 0.2) is 0 Å². The van der Waals surface area contributed by atoms with E-state index in [1.807, 2.05) is 6.07 Å². The van der Waals surface area contributed by atoms with Gasteiger partial charge in [0.1, 0.15) is 11.4 Å². The monoisotopic (exact) mass is 511 g/mol. The van der Waals surface area contributed by atoms with Crippen LogP contribution >= 0.6 is 0 Å². The van der Waals surface area contributed by atoms with E-state index in [-0.39, 0.29) is 11.3 Å². The molecule has 3 rings (SSSR count).